The van der Waals surface area contributed by atoms with E-state index in [9.17, 15) is 0 Å². The monoisotopic (exact) mass is 304 g/mol. The van der Waals surface area contributed by atoms with Crippen LogP contribution in [0.15, 0.2) is 48.8 Å². The lowest BCUT2D eigenvalue weighted by atomic mass is 10.0. The first-order valence-corrected chi connectivity index (χ1v) is 7.99. The van der Waals surface area contributed by atoms with Gasteiger partial charge in [0, 0.05) is 24.9 Å². The van der Waals surface area contributed by atoms with E-state index in [0.29, 0.717) is 0 Å². The quantitative estimate of drug-likeness (QED) is 0.788. The number of nitrogens with zero attached hydrogens (tertiary/aromatic N) is 4. The predicted octanol–water partition coefficient (Wildman–Crippen LogP) is 3.82. The van der Waals surface area contributed by atoms with Crippen LogP contribution in [0, 0.1) is 17.2 Å². The van der Waals surface area contributed by atoms with Crippen molar-refractivity contribution in [2.45, 2.75) is 26.2 Å². The van der Waals surface area contributed by atoms with Crippen molar-refractivity contribution in [1.82, 2.24) is 9.97 Å². The van der Waals surface area contributed by atoms with Crippen LogP contribution in [0.25, 0.3) is 0 Å². The Morgan fingerprint density at radius 1 is 1.26 bits per heavy atom. The number of hydrogen-bond acceptors (Lipinski definition) is 4. The number of fused-ring (bicyclic) bond motifs is 1. The van der Waals surface area contributed by atoms with Gasteiger partial charge >= 0.3 is 0 Å². The van der Waals surface area contributed by atoms with Crippen molar-refractivity contribution in [3.8, 4) is 6.07 Å². The van der Waals surface area contributed by atoms with Gasteiger partial charge in [0.15, 0.2) is 0 Å². The number of aromatic nitrogens is 2. The summed E-state index contributed by atoms with van der Waals surface area (Å²) in [6.07, 6.45) is 10.5. The van der Waals surface area contributed by atoms with Crippen molar-refractivity contribution in [3.05, 3.63) is 59.9 Å². The van der Waals surface area contributed by atoms with Gasteiger partial charge < -0.3 is 4.90 Å². The number of nitriles is 1. The zero-order valence-electron chi connectivity index (χ0n) is 13.3. The zero-order valence-corrected chi connectivity index (χ0v) is 13.3. The third-order valence-corrected chi connectivity index (χ3v) is 4.09. The lowest BCUT2D eigenvalue weighted by Gasteiger charge is -2.19. The Morgan fingerprint density at radius 3 is 2.87 bits per heavy atom. The highest BCUT2D eigenvalue weighted by Crippen LogP contribution is 2.36. The second-order valence-electron chi connectivity index (χ2n) is 5.82. The van der Waals surface area contributed by atoms with E-state index in [4.69, 9.17) is 5.26 Å². The van der Waals surface area contributed by atoms with E-state index in [1.807, 2.05) is 13.0 Å². The molecule has 1 aromatic carbocycles. The molecule has 0 saturated heterocycles. The first-order valence-electron chi connectivity index (χ1n) is 7.99. The molecule has 0 spiro atoms. The molecule has 1 atom stereocenters. The predicted molar refractivity (Wildman–Crippen MR) is 91.4 cm³/mol. The van der Waals surface area contributed by atoms with E-state index in [1.165, 1.54) is 16.8 Å². The van der Waals surface area contributed by atoms with Gasteiger partial charge in [-0.3, -0.25) is 0 Å². The fraction of sp³-hybridized carbons (Fsp3) is 0.316. The second kappa shape index (κ2) is 7.06. The van der Waals surface area contributed by atoms with E-state index < -0.39 is 0 Å². The summed E-state index contributed by atoms with van der Waals surface area (Å²) in [5.74, 6) is 0.836. The third-order valence-electron chi connectivity index (χ3n) is 4.09. The normalized spacial score (nSPS) is 14.7. The lowest BCUT2D eigenvalue weighted by molar-refractivity contribution is 0.759. The van der Waals surface area contributed by atoms with E-state index in [0.717, 1.165) is 31.8 Å². The Hall–Kier alpha value is -2.67. The van der Waals surface area contributed by atoms with Crippen molar-refractivity contribution in [2.75, 3.05) is 11.4 Å². The molecule has 116 valence electrons. The average molecular weight is 304 g/mol. The SMILES string of the molecule is CC(C#N)CC=CCc1cccc2c1N(c1ncccn1)CC2. The van der Waals surface area contributed by atoms with Crippen molar-refractivity contribution < 1.29 is 0 Å². The molecule has 2 aromatic rings. The number of allylic oxidation sites excluding steroid dienone is 2. The molecule has 0 fully saturated rings. The summed E-state index contributed by atoms with van der Waals surface area (Å²) in [6.45, 7) is 2.87. The van der Waals surface area contributed by atoms with E-state index in [1.54, 1.807) is 12.4 Å². The van der Waals surface area contributed by atoms with Gasteiger partial charge in [0.1, 0.15) is 0 Å². The van der Waals surface area contributed by atoms with Gasteiger partial charge in [-0.05, 0) is 43.4 Å². The van der Waals surface area contributed by atoms with Crippen molar-refractivity contribution in [3.63, 3.8) is 0 Å². The Labute approximate surface area is 137 Å². The number of rotatable bonds is 5. The summed E-state index contributed by atoms with van der Waals surface area (Å²) in [6, 6.07) is 10.6. The molecule has 1 aliphatic heterocycles. The highest BCUT2D eigenvalue weighted by atomic mass is 15.3. The summed E-state index contributed by atoms with van der Waals surface area (Å²) < 4.78 is 0. The smallest absolute Gasteiger partial charge is 0.229 e. The van der Waals surface area contributed by atoms with Crippen LogP contribution in [0.3, 0.4) is 0 Å². The molecule has 0 N–H and O–H groups in total. The highest BCUT2D eigenvalue weighted by Gasteiger charge is 2.24. The molecule has 0 amide bonds. The maximum Gasteiger partial charge on any atom is 0.229 e. The van der Waals surface area contributed by atoms with Gasteiger partial charge in [-0.25, -0.2) is 9.97 Å². The van der Waals surface area contributed by atoms with Gasteiger partial charge in [-0.2, -0.15) is 5.26 Å². The Morgan fingerprint density at radius 2 is 2.09 bits per heavy atom. The van der Waals surface area contributed by atoms with Crippen LogP contribution >= 0.6 is 0 Å². The Bertz CT molecular complexity index is 731. The standard InChI is InChI=1S/C19H20N4/c1-15(14-20)6-2-3-7-16-8-4-9-17-10-13-23(18(16)17)19-21-11-5-12-22-19/h2-5,8-9,11-12,15H,6-7,10,13H2,1H3. The topological polar surface area (TPSA) is 52.8 Å². The molecule has 0 bridgehead atoms. The fourth-order valence-electron chi connectivity index (χ4n) is 2.90. The number of para-hydroxylation sites is 1. The van der Waals surface area contributed by atoms with Crippen LogP contribution in [0.2, 0.25) is 0 Å². The maximum absolute atomic E-state index is 8.83. The molecule has 23 heavy (non-hydrogen) atoms. The van der Waals surface area contributed by atoms with Crippen LogP contribution in [0.1, 0.15) is 24.5 Å². The minimum absolute atomic E-state index is 0.0713. The Balaban J connectivity index is 1.81. The first kappa shape index (κ1) is 15.2. The van der Waals surface area contributed by atoms with Crippen molar-refractivity contribution in [1.29, 1.82) is 5.26 Å². The van der Waals surface area contributed by atoms with Gasteiger partial charge in [-0.1, -0.05) is 30.4 Å². The van der Waals surface area contributed by atoms with Gasteiger partial charge in [-0.15, -0.1) is 0 Å². The summed E-state index contributed by atoms with van der Waals surface area (Å²) in [7, 11) is 0. The van der Waals surface area contributed by atoms with E-state index in [-0.39, 0.29) is 5.92 Å². The molecule has 0 radical (unpaired) electrons. The lowest BCUT2D eigenvalue weighted by Crippen LogP contribution is -2.17. The van der Waals surface area contributed by atoms with Gasteiger partial charge in [0.05, 0.1) is 11.8 Å². The largest absolute Gasteiger partial charge is 0.310 e. The summed E-state index contributed by atoms with van der Waals surface area (Å²) in [4.78, 5) is 11.0. The van der Waals surface area contributed by atoms with Gasteiger partial charge in [0.25, 0.3) is 0 Å². The minimum atomic E-state index is 0.0713. The number of hydrogen-bond donors (Lipinski definition) is 0. The van der Waals surface area contributed by atoms with Crippen LogP contribution < -0.4 is 4.90 Å². The van der Waals surface area contributed by atoms with Crippen LogP contribution in [0.5, 0.6) is 0 Å². The highest BCUT2D eigenvalue weighted by molar-refractivity contribution is 5.70. The molecule has 1 aliphatic rings. The van der Waals surface area contributed by atoms with E-state index >= 15 is 0 Å². The summed E-state index contributed by atoms with van der Waals surface area (Å²) in [5.41, 5.74) is 3.89. The zero-order chi connectivity index (χ0) is 16.1. The fourth-order valence-corrected chi connectivity index (χ4v) is 2.90. The second-order valence-corrected chi connectivity index (χ2v) is 5.82. The Kier molecular flexibility index (Phi) is 4.68. The molecule has 0 saturated carbocycles. The molecular weight excluding hydrogens is 284 g/mol. The van der Waals surface area contributed by atoms with E-state index in [2.05, 4.69) is 51.3 Å². The summed E-state index contributed by atoms with van der Waals surface area (Å²) in [5, 5.41) is 8.83. The molecule has 0 aliphatic carbocycles. The molecular formula is C19H20N4. The molecule has 1 unspecified atom stereocenters. The van der Waals surface area contributed by atoms with Crippen LogP contribution in [0.4, 0.5) is 11.6 Å². The minimum Gasteiger partial charge on any atom is -0.310 e. The van der Waals surface area contributed by atoms with Crippen LogP contribution in [-0.4, -0.2) is 16.5 Å². The van der Waals surface area contributed by atoms with Crippen molar-refractivity contribution in [2.24, 2.45) is 5.92 Å². The molecule has 1 aromatic heterocycles. The molecule has 2 heterocycles. The van der Waals surface area contributed by atoms with Crippen molar-refractivity contribution >= 4 is 11.6 Å². The average Bonchev–Trinajstić information content (AvgIpc) is 3.04. The first-order chi connectivity index (χ1) is 11.3. The maximum atomic E-state index is 8.83. The van der Waals surface area contributed by atoms with Gasteiger partial charge in [0.2, 0.25) is 5.95 Å². The summed E-state index contributed by atoms with van der Waals surface area (Å²) >= 11 is 0. The number of benzene rings is 1. The number of anilines is 2. The third kappa shape index (κ3) is 3.40. The van der Waals surface area contributed by atoms with Crippen LogP contribution in [-0.2, 0) is 12.8 Å². The molecule has 4 nitrogen and oxygen atoms in total. The molecule has 4 heteroatoms. The molecule has 3 rings (SSSR count).